The molecular weight excluding hydrogens is 308 g/mol. The summed E-state index contributed by atoms with van der Waals surface area (Å²) < 4.78 is 5.87. The van der Waals surface area contributed by atoms with E-state index < -0.39 is 0 Å². The fourth-order valence-electron chi connectivity index (χ4n) is 1.97. The van der Waals surface area contributed by atoms with Gasteiger partial charge in [0.05, 0.1) is 23.6 Å². The van der Waals surface area contributed by atoms with Gasteiger partial charge >= 0.3 is 0 Å². The van der Waals surface area contributed by atoms with E-state index in [1.165, 1.54) is 11.3 Å². The predicted molar refractivity (Wildman–Crippen MR) is 87.1 cm³/mol. The Labute approximate surface area is 133 Å². The van der Waals surface area contributed by atoms with Gasteiger partial charge in [-0.1, -0.05) is 11.6 Å². The van der Waals surface area contributed by atoms with Gasteiger partial charge in [0.2, 0.25) is 0 Å². The van der Waals surface area contributed by atoms with Gasteiger partial charge in [-0.25, -0.2) is 0 Å². The third-order valence-corrected chi connectivity index (χ3v) is 4.35. The van der Waals surface area contributed by atoms with Gasteiger partial charge in [0.15, 0.2) is 0 Å². The summed E-state index contributed by atoms with van der Waals surface area (Å²) in [5.41, 5.74) is 6.82. The topological polar surface area (TPSA) is 55.6 Å². The number of nitrogen functional groups attached to an aromatic ring is 1. The Hall–Kier alpha value is -1.72. The summed E-state index contributed by atoms with van der Waals surface area (Å²) in [6.07, 6.45) is 0. The first kappa shape index (κ1) is 15.7. The van der Waals surface area contributed by atoms with E-state index in [1.807, 2.05) is 19.1 Å². The maximum atomic E-state index is 12.6. The molecule has 0 spiro atoms. The Morgan fingerprint density at radius 3 is 2.71 bits per heavy atom. The lowest BCUT2D eigenvalue weighted by molar-refractivity contribution is 0.0755. The highest BCUT2D eigenvalue weighted by atomic mass is 35.5. The molecule has 0 fully saturated rings. The SMILES string of the molecule is CCN(Cc1ccc(Cl)s1)C(=O)c1cc(OC)ccc1N. The lowest BCUT2D eigenvalue weighted by Gasteiger charge is -2.21. The van der Waals surface area contributed by atoms with E-state index in [0.717, 1.165) is 9.21 Å². The second-order valence-electron chi connectivity index (χ2n) is 4.48. The number of hydrogen-bond donors (Lipinski definition) is 1. The number of nitrogens with zero attached hydrogens (tertiary/aromatic N) is 1. The number of halogens is 1. The van der Waals surface area contributed by atoms with Crippen molar-refractivity contribution in [2.75, 3.05) is 19.4 Å². The molecule has 1 heterocycles. The Morgan fingerprint density at radius 1 is 1.38 bits per heavy atom. The highest BCUT2D eigenvalue weighted by Crippen LogP contribution is 2.25. The molecule has 2 N–H and O–H groups in total. The van der Waals surface area contributed by atoms with Crippen LogP contribution in [0.15, 0.2) is 30.3 Å². The van der Waals surface area contributed by atoms with Gasteiger partial charge < -0.3 is 15.4 Å². The lowest BCUT2D eigenvalue weighted by Crippen LogP contribution is -2.30. The van der Waals surface area contributed by atoms with E-state index in [0.29, 0.717) is 30.1 Å². The summed E-state index contributed by atoms with van der Waals surface area (Å²) in [6.45, 7) is 3.04. The lowest BCUT2D eigenvalue weighted by atomic mass is 10.1. The van der Waals surface area contributed by atoms with Crippen LogP contribution in [0.2, 0.25) is 4.34 Å². The summed E-state index contributed by atoms with van der Waals surface area (Å²) in [5, 5.41) is 0. The highest BCUT2D eigenvalue weighted by molar-refractivity contribution is 7.16. The summed E-state index contributed by atoms with van der Waals surface area (Å²) in [7, 11) is 1.56. The van der Waals surface area contributed by atoms with Crippen LogP contribution in [0, 0.1) is 0 Å². The van der Waals surface area contributed by atoms with Crippen molar-refractivity contribution in [2.45, 2.75) is 13.5 Å². The molecule has 4 nitrogen and oxygen atoms in total. The molecule has 112 valence electrons. The fourth-order valence-corrected chi connectivity index (χ4v) is 3.07. The van der Waals surface area contributed by atoms with E-state index in [9.17, 15) is 4.79 Å². The minimum absolute atomic E-state index is 0.113. The number of rotatable bonds is 5. The first-order valence-electron chi connectivity index (χ1n) is 6.52. The minimum Gasteiger partial charge on any atom is -0.497 e. The molecule has 6 heteroatoms. The Kier molecular flexibility index (Phi) is 5.09. The number of anilines is 1. The first-order valence-corrected chi connectivity index (χ1v) is 7.71. The van der Waals surface area contributed by atoms with Crippen LogP contribution in [-0.4, -0.2) is 24.5 Å². The van der Waals surface area contributed by atoms with Gasteiger partial charge in [0.1, 0.15) is 5.75 Å². The summed E-state index contributed by atoms with van der Waals surface area (Å²) in [4.78, 5) is 15.4. The normalized spacial score (nSPS) is 10.4. The van der Waals surface area contributed by atoms with Crippen LogP contribution in [0.4, 0.5) is 5.69 Å². The average Bonchev–Trinajstić information content (AvgIpc) is 2.90. The van der Waals surface area contributed by atoms with Crippen molar-refractivity contribution >= 4 is 34.5 Å². The Balaban J connectivity index is 2.23. The molecule has 0 atom stereocenters. The molecule has 2 aromatic rings. The number of benzene rings is 1. The molecule has 0 radical (unpaired) electrons. The van der Waals surface area contributed by atoms with E-state index in [4.69, 9.17) is 22.1 Å². The van der Waals surface area contributed by atoms with Crippen molar-refractivity contribution in [2.24, 2.45) is 0 Å². The summed E-state index contributed by atoms with van der Waals surface area (Å²) >= 11 is 7.40. The largest absolute Gasteiger partial charge is 0.497 e. The molecule has 0 aliphatic rings. The number of methoxy groups -OCH3 is 1. The predicted octanol–water partition coefficient (Wildman–Crippen LogP) is 3.65. The van der Waals surface area contributed by atoms with Crippen LogP contribution in [0.3, 0.4) is 0 Å². The third kappa shape index (κ3) is 3.68. The number of carbonyl (C=O) groups excluding carboxylic acids is 1. The van der Waals surface area contributed by atoms with E-state index in [-0.39, 0.29) is 5.91 Å². The average molecular weight is 325 g/mol. The number of ether oxygens (including phenoxy) is 1. The van der Waals surface area contributed by atoms with Crippen LogP contribution in [0.5, 0.6) is 5.75 Å². The molecule has 0 aliphatic carbocycles. The standard InChI is InChI=1S/C15H17ClN2O2S/c1-3-18(9-11-5-7-14(16)21-11)15(19)12-8-10(20-2)4-6-13(12)17/h4-8H,3,9,17H2,1-2H3. The smallest absolute Gasteiger partial charge is 0.256 e. The quantitative estimate of drug-likeness (QED) is 0.854. The monoisotopic (exact) mass is 324 g/mol. The minimum atomic E-state index is -0.113. The van der Waals surface area contributed by atoms with E-state index >= 15 is 0 Å². The zero-order valence-electron chi connectivity index (χ0n) is 11.9. The fraction of sp³-hybridized carbons (Fsp3) is 0.267. The van der Waals surface area contributed by atoms with Crippen molar-refractivity contribution in [1.29, 1.82) is 0 Å². The highest BCUT2D eigenvalue weighted by Gasteiger charge is 2.18. The number of carbonyl (C=O) groups is 1. The molecule has 0 saturated heterocycles. The third-order valence-electron chi connectivity index (χ3n) is 3.14. The second-order valence-corrected chi connectivity index (χ2v) is 6.28. The van der Waals surface area contributed by atoms with Gasteiger partial charge in [-0.3, -0.25) is 4.79 Å². The van der Waals surface area contributed by atoms with Crippen LogP contribution in [-0.2, 0) is 6.54 Å². The van der Waals surface area contributed by atoms with Crippen LogP contribution in [0.1, 0.15) is 22.2 Å². The maximum absolute atomic E-state index is 12.6. The van der Waals surface area contributed by atoms with Crippen LogP contribution >= 0.6 is 22.9 Å². The molecule has 21 heavy (non-hydrogen) atoms. The van der Waals surface area contributed by atoms with Crippen molar-refractivity contribution < 1.29 is 9.53 Å². The molecule has 2 rings (SSSR count). The van der Waals surface area contributed by atoms with Crippen molar-refractivity contribution in [1.82, 2.24) is 4.90 Å². The molecule has 0 bridgehead atoms. The van der Waals surface area contributed by atoms with Crippen molar-refractivity contribution in [3.8, 4) is 5.75 Å². The molecule has 0 saturated carbocycles. The second kappa shape index (κ2) is 6.83. The number of hydrogen-bond acceptors (Lipinski definition) is 4. The zero-order chi connectivity index (χ0) is 15.4. The number of thiophene rings is 1. The van der Waals surface area contributed by atoms with Crippen molar-refractivity contribution in [3.05, 3.63) is 45.1 Å². The molecule has 1 aromatic heterocycles. The van der Waals surface area contributed by atoms with Gasteiger partial charge in [0.25, 0.3) is 5.91 Å². The maximum Gasteiger partial charge on any atom is 0.256 e. The van der Waals surface area contributed by atoms with Gasteiger partial charge in [0, 0.05) is 17.1 Å². The molecular formula is C15H17ClN2O2S. The molecule has 1 amide bonds. The number of amides is 1. The Morgan fingerprint density at radius 2 is 2.14 bits per heavy atom. The molecule has 0 unspecified atom stereocenters. The number of nitrogens with two attached hydrogens (primary N) is 1. The van der Waals surface area contributed by atoms with Gasteiger partial charge in [-0.15, -0.1) is 11.3 Å². The van der Waals surface area contributed by atoms with Crippen LogP contribution in [0.25, 0.3) is 0 Å². The molecule has 0 aliphatic heterocycles. The summed E-state index contributed by atoms with van der Waals surface area (Å²) in [6, 6.07) is 8.85. The summed E-state index contributed by atoms with van der Waals surface area (Å²) in [5.74, 6) is 0.501. The van der Waals surface area contributed by atoms with E-state index in [2.05, 4.69) is 0 Å². The molecule has 1 aromatic carbocycles. The Bertz CT molecular complexity index is 642. The zero-order valence-corrected chi connectivity index (χ0v) is 13.5. The first-order chi connectivity index (χ1) is 10.0. The van der Waals surface area contributed by atoms with Crippen molar-refractivity contribution in [3.63, 3.8) is 0 Å². The van der Waals surface area contributed by atoms with E-state index in [1.54, 1.807) is 30.2 Å². The van der Waals surface area contributed by atoms with Crippen LogP contribution < -0.4 is 10.5 Å². The van der Waals surface area contributed by atoms with Gasteiger partial charge in [-0.05, 0) is 37.3 Å². The van der Waals surface area contributed by atoms with Gasteiger partial charge in [-0.2, -0.15) is 0 Å².